The van der Waals surface area contributed by atoms with Crippen molar-refractivity contribution in [1.29, 1.82) is 0 Å². The second kappa shape index (κ2) is 7.47. The van der Waals surface area contributed by atoms with Gasteiger partial charge >= 0.3 is 5.63 Å². The predicted molar refractivity (Wildman–Crippen MR) is 91.6 cm³/mol. The van der Waals surface area contributed by atoms with Crippen LogP contribution in [0.4, 0.5) is 0 Å². The van der Waals surface area contributed by atoms with Gasteiger partial charge in [0.1, 0.15) is 17.1 Å². The Labute approximate surface area is 141 Å². The molecule has 24 heavy (non-hydrogen) atoms. The first-order valence-corrected chi connectivity index (χ1v) is 8.60. The van der Waals surface area contributed by atoms with Crippen molar-refractivity contribution in [2.24, 2.45) is 0 Å². The summed E-state index contributed by atoms with van der Waals surface area (Å²) in [6, 6.07) is 10.1. The molecule has 4 heteroatoms. The maximum atomic E-state index is 12.2. The zero-order valence-electron chi connectivity index (χ0n) is 13.7. The number of aryl methyl sites for hydroxylation is 3. The Morgan fingerprint density at radius 1 is 0.792 bits per heavy atom. The lowest BCUT2D eigenvalue weighted by atomic mass is 10.0. The molecule has 0 amide bonds. The van der Waals surface area contributed by atoms with Gasteiger partial charge in [0.25, 0.3) is 0 Å². The number of aromatic hydroxyl groups is 1. The summed E-state index contributed by atoms with van der Waals surface area (Å²) in [7, 11) is 0. The Morgan fingerprint density at radius 3 is 1.92 bits per heavy atom. The number of benzene rings is 1. The lowest BCUT2D eigenvalue weighted by molar-refractivity contribution is 0.0972. The quantitative estimate of drug-likeness (QED) is 0.799. The Hall–Kier alpha value is -2.36. The minimum Gasteiger partial charge on any atom is -0.507 e. The Kier molecular flexibility index (Phi) is 5.14. The summed E-state index contributed by atoms with van der Waals surface area (Å²) in [4.78, 5) is 24.2. The average molecular weight is 326 g/mol. The minimum absolute atomic E-state index is 0.202. The van der Waals surface area contributed by atoms with Crippen molar-refractivity contribution in [2.75, 3.05) is 0 Å². The lowest BCUT2D eigenvalue weighted by Gasteiger charge is -2.05. The van der Waals surface area contributed by atoms with E-state index in [0.717, 1.165) is 32.1 Å². The van der Waals surface area contributed by atoms with Crippen LogP contribution in [0.5, 0.6) is 5.75 Å². The fourth-order valence-corrected chi connectivity index (χ4v) is 3.15. The van der Waals surface area contributed by atoms with Crippen molar-refractivity contribution < 1.29 is 14.3 Å². The third-order valence-electron chi connectivity index (χ3n) is 4.54. The predicted octanol–water partition coefficient (Wildman–Crippen LogP) is 3.82. The maximum Gasteiger partial charge on any atom is 0.350 e. The summed E-state index contributed by atoms with van der Waals surface area (Å²) in [5.41, 5.74) is 1.65. The highest BCUT2D eigenvalue weighted by Crippen LogP contribution is 2.20. The topological polar surface area (TPSA) is 67.5 Å². The third kappa shape index (κ3) is 3.94. The first-order chi connectivity index (χ1) is 11.6. The first kappa shape index (κ1) is 16.5. The fraction of sp³-hybridized carbons (Fsp3) is 0.400. The summed E-state index contributed by atoms with van der Waals surface area (Å²) in [6.07, 6.45) is 6.10. The molecule has 1 aromatic carbocycles. The van der Waals surface area contributed by atoms with E-state index in [1.807, 2.05) is 0 Å². The molecule has 2 aliphatic carbocycles. The monoisotopic (exact) mass is 326 g/mol. The molecule has 0 fully saturated rings. The van der Waals surface area contributed by atoms with Crippen LogP contribution in [0.25, 0.3) is 0 Å². The third-order valence-corrected chi connectivity index (χ3v) is 4.54. The molecular weight excluding hydrogens is 304 g/mol. The summed E-state index contributed by atoms with van der Waals surface area (Å²) >= 11 is 0. The molecule has 3 heterocycles. The highest BCUT2D eigenvalue weighted by molar-refractivity contribution is 5.97. The number of Topliss-reactive ketones (excluding diaryl/α,β-unsaturated/α-hetero) is 1. The molecule has 0 unspecified atom stereocenters. The Bertz CT molecular complexity index is 771. The second-order valence-electron chi connectivity index (χ2n) is 6.41. The van der Waals surface area contributed by atoms with E-state index in [-0.39, 0.29) is 23.5 Å². The van der Waals surface area contributed by atoms with Gasteiger partial charge < -0.3 is 9.52 Å². The molecule has 1 aromatic heterocycles. The smallest absolute Gasteiger partial charge is 0.350 e. The maximum absolute atomic E-state index is 12.2. The number of carbonyl (C=O) groups excluding carboxylic acids is 1. The molecule has 126 valence electrons. The van der Waals surface area contributed by atoms with E-state index < -0.39 is 5.63 Å². The zero-order chi connectivity index (χ0) is 16.9. The highest BCUT2D eigenvalue weighted by Gasteiger charge is 2.18. The molecule has 0 saturated heterocycles. The largest absolute Gasteiger partial charge is 0.507 e. The molecule has 2 aliphatic heterocycles. The van der Waals surface area contributed by atoms with Gasteiger partial charge in [-0.1, -0.05) is 24.3 Å². The normalized spacial score (nSPS) is 16.2. The van der Waals surface area contributed by atoms with E-state index in [2.05, 4.69) is 24.3 Å². The van der Waals surface area contributed by atoms with Crippen LogP contribution in [0.2, 0.25) is 0 Å². The standard InChI is InChI=1S/C20H22O4/c21-17-8-4-2-6-15-11-9-14(10-12-15)5-1-3-7-16-13-18(22)19(17)20(23)24-16/h9-13,22H,1-8H2. The average Bonchev–Trinajstić information content (AvgIpc) is 2.56. The molecule has 0 atom stereocenters. The van der Waals surface area contributed by atoms with Gasteiger partial charge in [0.05, 0.1) is 0 Å². The summed E-state index contributed by atoms with van der Waals surface area (Å²) in [5.74, 6) is -0.149. The van der Waals surface area contributed by atoms with Gasteiger partial charge in [0.15, 0.2) is 5.78 Å². The van der Waals surface area contributed by atoms with E-state index in [4.69, 9.17) is 4.42 Å². The van der Waals surface area contributed by atoms with Crippen molar-refractivity contribution in [3.05, 3.63) is 63.2 Å². The lowest BCUT2D eigenvalue weighted by Crippen LogP contribution is -2.15. The number of carbonyl (C=O) groups is 1. The van der Waals surface area contributed by atoms with Crippen molar-refractivity contribution >= 4 is 5.78 Å². The van der Waals surface area contributed by atoms with Crippen molar-refractivity contribution in [2.45, 2.75) is 51.4 Å². The van der Waals surface area contributed by atoms with Crippen LogP contribution in [0.15, 0.2) is 39.5 Å². The molecule has 2 aromatic rings. The first-order valence-electron chi connectivity index (χ1n) is 8.60. The van der Waals surface area contributed by atoms with Gasteiger partial charge in [-0.25, -0.2) is 4.79 Å². The van der Waals surface area contributed by atoms with Gasteiger partial charge in [-0.3, -0.25) is 4.79 Å². The highest BCUT2D eigenvalue weighted by atomic mass is 16.4. The van der Waals surface area contributed by atoms with Crippen LogP contribution in [-0.2, 0) is 19.3 Å². The van der Waals surface area contributed by atoms with Crippen molar-refractivity contribution in [3.8, 4) is 5.75 Å². The summed E-state index contributed by atoms with van der Waals surface area (Å²) in [5, 5.41) is 10.0. The number of hydrogen-bond donors (Lipinski definition) is 1. The van der Waals surface area contributed by atoms with Gasteiger partial charge in [-0.15, -0.1) is 0 Å². The van der Waals surface area contributed by atoms with Gasteiger partial charge in [0.2, 0.25) is 0 Å². The van der Waals surface area contributed by atoms with Crippen LogP contribution >= 0.6 is 0 Å². The molecule has 0 saturated carbocycles. The molecule has 0 spiro atoms. The molecule has 0 radical (unpaired) electrons. The zero-order valence-corrected chi connectivity index (χ0v) is 13.7. The van der Waals surface area contributed by atoms with Crippen LogP contribution in [0.3, 0.4) is 0 Å². The van der Waals surface area contributed by atoms with Gasteiger partial charge in [-0.2, -0.15) is 0 Å². The SMILES string of the molecule is O=C1CCCCc2ccc(cc2)CCCCc2cc(O)c1c(=O)o2. The number of rotatable bonds is 0. The molecule has 4 aliphatic rings. The van der Waals surface area contributed by atoms with E-state index in [1.54, 1.807) is 0 Å². The minimum atomic E-state index is -0.716. The van der Waals surface area contributed by atoms with E-state index in [0.29, 0.717) is 18.6 Å². The van der Waals surface area contributed by atoms with Crippen LogP contribution in [-0.4, -0.2) is 10.9 Å². The Balaban J connectivity index is 1.83. The van der Waals surface area contributed by atoms with Crippen LogP contribution in [0.1, 0.15) is 59.3 Å². The van der Waals surface area contributed by atoms with E-state index >= 15 is 0 Å². The summed E-state index contributed by atoms with van der Waals surface area (Å²) in [6.45, 7) is 0. The molecule has 4 nitrogen and oxygen atoms in total. The Morgan fingerprint density at radius 2 is 1.33 bits per heavy atom. The molecule has 1 N–H and O–H groups in total. The van der Waals surface area contributed by atoms with Crippen LogP contribution < -0.4 is 5.63 Å². The van der Waals surface area contributed by atoms with Crippen LogP contribution in [0, 0.1) is 0 Å². The molecule has 6 rings (SSSR count). The van der Waals surface area contributed by atoms with Crippen molar-refractivity contribution in [1.82, 2.24) is 0 Å². The van der Waals surface area contributed by atoms with Crippen molar-refractivity contribution in [3.63, 3.8) is 0 Å². The van der Waals surface area contributed by atoms with Gasteiger partial charge in [0, 0.05) is 18.9 Å². The molecular formula is C20H22O4. The molecule has 4 bridgehead atoms. The van der Waals surface area contributed by atoms with E-state index in [9.17, 15) is 14.7 Å². The van der Waals surface area contributed by atoms with Gasteiger partial charge in [-0.05, 0) is 49.7 Å². The fourth-order valence-electron chi connectivity index (χ4n) is 3.15. The second-order valence-corrected chi connectivity index (χ2v) is 6.41. The number of ketones is 1. The number of hydrogen-bond acceptors (Lipinski definition) is 4. The van der Waals surface area contributed by atoms with E-state index in [1.165, 1.54) is 17.2 Å². The summed E-state index contributed by atoms with van der Waals surface area (Å²) < 4.78 is 5.22.